The Kier molecular flexibility index (Phi) is 7.08. The number of nitrogens with one attached hydrogen (secondary N) is 2. The minimum Gasteiger partial charge on any atom is -0.493 e. The lowest BCUT2D eigenvalue weighted by atomic mass is 10.0. The fourth-order valence-corrected chi connectivity index (χ4v) is 4.17. The maximum atomic E-state index is 13.6. The second-order valence-corrected chi connectivity index (χ2v) is 10.0. The fraction of sp³-hybridized carbons (Fsp3) is 0.120. The number of rotatable bonds is 7. The van der Waals surface area contributed by atoms with Crippen molar-refractivity contribution in [2.45, 2.75) is 11.8 Å². The topological polar surface area (TPSA) is 164 Å². The molecule has 12 heteroatoms. The van der Waals surface area contributed by atoms with E-state index in [2.05, 4.69) is 25.7 Å². The van der Waals surface area contributed by atoms with Crippen molar-refractivity contribution in [3.63, 3.8) is 0 Å². The van der Waals surface area contributed by atoms with E-state index in [1.165, 1.54) is 44.0 Å². The Hall–Kier alpha value is -4.89. The van der Waals surface area contributed by atoms with Crippen LogP contribution in [0.1, 0.15) is 21.5 Å². The number of methoxy groups -OCH3 is 1. The second-order valence-electron chi connectivity index (χ2n) is 7.89. The average molecular weight is 516 g/mol. The number of nitrogens with zero attached hydrogens (tertiary/aromatic N) is 5. The molecule has 2 N–H and O–H groups in total. The van der Waals surface area contributed by atoms with E-state index in [9.17, 15) is 14.3 Å². The molecule has 0 fully saturated rings. The molecule has 0 saturated carbocycles. The molecular formula is C25H21N7O4S. The molecule has 2 aromatic carbocycles. The Morgan fingerprint density at radius 3 is 2.59 bits per heavy atom. The first-order chi connectivity index (χ1) is 17.7. The van der Waals surface area contributed by atoms with Crippen LogP contribution in [0.2, 0.25) is 0 Å². The highest BCUT2D eigenvalue weighted by Gasteiger charge is 2.24. The highest BCUT2D eigenvalue weighted by Crippen LogP contribution is 2.35. The Morgan fingerprint density at radius 1 is 1.11 bits per heavy atom. The van der Waals surface area contributed by atoms with Gasteiger partial charge in [-0.1, -0.05) is 6.07 Å². The summed E-state index contributed by atoms with van der Waals surface area (Å²) >= 11 is 0. The second kappa shape index (κ2) is 10.4. The highest BCUT2D eigenvalue weighted by molar-refractivity contribution is 7.91. The molecule has 0 aliphatic rings. The van der Waals surface area contributed by atoms with E-state index in [4.69, 9.17) is 14.3 Å². The summed E-state index contributed by atoms with van der Waals surface area (Å²) in [5.41, 5.74) is 2.25. The molecule has 2 heterocycles. The van der Waals surface area contributed by atoms with Crippen molar-refractivity contribution in [3.05, 3.63) is 77.6 Å². The van der Waals surface area contributed by atoms with Crippen LogP contribution in [0.15, 0.2) is 65.8 Å². The van der Waals surface area contributed by atoms with E-state index < -0.39 is 15.6 Å². The summed E-state index contributed by atoms with van der Waals surface area (Å²) in [6.07, 6.45) is 4.30. The zero-order valence-electron chi connectivity index (χ0n) is 20.1. The maximum Gasteiger partial charge on any atom is 0.261 e. The van der Waals surface area contributed by atoms with Crippen LogP contribution in [0.4, 0.5) is 5.69 Å². The van der Waals surface area contributed by atoms with Crippen molar-refractivity contribution in [1.82, 2.24) is 20.4 Å². The van der Waals surface area contributed by atoms with Crippen LogP contribution in [0.5, 0.6) is 17.4 Å². The lowest BCUT2D eigenvalue weighted by Gasteiger charge is -2.16. The first-order valence-corrected chi connectivity index (χ1v) is 12.7. The van der Waals surface area contributed by atoms with Gasteiger partial charge in [0.2, 0.25) is 0 Å². The predicted molar refractivity (Wildman–Crippen MR) is 135 cm³/mol. The van der Waals surface area contributed by atoms with Gasteiger partial charge in [-0.25, -0.2) is 8.99 Å². The van der Waals surface area contributed by atoms with Gasteiger partial charge in [-0.2, -0.15) is 15.5 Å². The summed E-state index contributed by atoms with van der Waals surface area (Å²) in [7, 11) is -1.56. The minimum absolute atomic E-state index is 0.0849. The molecule has 0 bridgehead atoms. The number of hydrogen-bond acceptors (Lipinski definition) is 10. The lowest BCUT2D eigenvalue weighted by molar-refractivity contribution is 0.102. The van der Waals surface area contributed by atoms with Crippen LogP contribution in [-0.2, 0) is 9.73 Å². The first kappa shape index (κ1) is 25.2. The zero-order chi connectivity index (χ0) is 26.6. The summed E-state index contributed by atoms with van der Waals surface area (Å²) in [5, 5.41) is 28.0. The quantitative estimate of drug-likeness (QED) is 0.367. The number of carbonyl (C=O) groups excluding carboxylic acids is 1. The van der Waals surface area contributed by atoms with Crippen molar-refractivity contribution in [3.8, 4) is 34.7 Å². The molecule has 0 aliphatic carbocycles. The van der Waals surface area contributed by atoms with Crippen molar-refractivity contribution in [1.29, 1.82) is 10.0 Å². The van der Waals surface area contributed by atoms with Crippen molar-refractivity contribution in [2.75, 3.05) is 18.7 Å². The molecular weight excluding hydrogens is 494 g/mol. The molecule has 1 amide bonds. The van der Waals surface area contributed by atoms with Crippen LogP contribution in [0.25, 0.3) is 11.3 Å². The molecule has 37 heavy (non-hydrogen) atoms. The molecule has 4 rings (SSSR count). The summed E-state index contributed by atoms with van der Waals surface area (Å²) in [5.74, 6) is -0.166. The molecule has 1 atom stereocenters. The van der Waals surface area contributed by atoms with Crippen LogP contribution in [0, 0.1) is 23.0 Å². The third kappa shape index (κ3) is 5.52. The number of hydrogen-bond donors (Lipinski definition) is 2. The van der Waals surface area contributed by atoms with Crippen molar-refractivity contribution < 1.29 is 18.5 Å². The minimum atomic E-state index is -2.99. The van der Waals surface area contributed by atoms with Gasteiger partial charge in [0.25, 0.3) is 11.8 Å². The van der Waals surface area contributed by atoms with E-state index in [-0.39, 0.29) is 27.8 Å². The SMILES string of the molecule is COc1cc(C#N)ccc1Oc1nnc(-c2ccnnc2)c(C)c1C(=O)Nc1cccc(S(C)(=N)=O)c1. The first-order valence-electron chi connectivity index (χ1n) is 10.8. The average Bonchev–Trinajstić information content (AvgIpc) is 2.89. The Bertz CT molecular complexity index is 1640. The molecule has 186 valence electrons. The smallest absolute Gasteiger partial charge is 0.261 e. The zero-order valence-corrected chi connectivity index (χ0v) is 20.9. The van der Waals surface area contributed by atoms with E-state index in [0.717, 1.165) is 0 Å². The van der Waals surface area contributed by atoms with Gasteiger partial charge in [-0.05, 0) is 48.9 Å². The number of nitriles is 1. The van der Waals surface area contributed by atoms with E-state index in [0.29, 0.717) is 28.1 Å². The van der Waals surface area contributed by atoms with Gasteiger partial charge in [0.1, 0.15) is 5.56 Å². The summed E-state index contributed by atoms with van der Waals surface area (Å²) in [4.78, 5) is 13.8. The molecule has 0 saturated heterocycles. The third-order valence-corrected chi connectivity index (χ3v) is 6.46. The van der Waals surface area contributed by atoms with Gasteiger partial charge in [-0.15, -0.1) is 10.2 Å². The number of anilines is 1. The van der Waals surface area contributed by atoms with E-state index in [1.807, 2.05) is 6.07 Å². The summed E-state index contributed by atoms with van der Waals surface area (Å²) in [6, 6.07) is 14.6. The number of carbonyl (C=O) groups is 1. The van der Waals surface area contributed by atoms with Gasteiger partial charge >= 0.3 is 0 Å². The van der Waals surface area contributed by atoms with E-state index in [1.54, 1.807) is 37.3 Å². The van der Waals surface area contributed by atoms with Gasteiger partial charge in [0, 0.05) is 28.5 Å². The maximum absolute atomic E-state index is 13.6. The van der Waals surface area contributed by atoms with Crippen LogP contribution in [0.3, 0.4) is 0 Å². The van der Waals surface area contributed by atoms with Gasteiger partial charge in [0.05, 0.1) is 46.6 Å². The molecule has 0 radical (unpaired) electrons. The molecule has 11 nitrogen and oxygen atoms in total. The normalized spacial score (nSPS) is 12.2. The number of benzene rings is 2. The Morgan fingerprint density at radius 2 is 1.92 bits per heavy atom. The number of amides is 1. The monoisotopic (exact) mass is 515 g/mol. The summed E-state index contributed by atoms with van der Waals surface area (Å²) < 4.78 is 31.3. The van der Waals surface area contributed by atoms with E-state index >= 15 is 0 Å². The molecule has 2 aromatic heterocycles. The number of ether oxygens (including phenoxy) is 2. The third-order valence-electron chi connectivity index (χ3n) is 5.31. The molecule has 1 unspecified atom stereocenters. The highest BCUT2D eigenvalue weighted by atomic mass is 32.2. The lowest BCUT2D eigenvalue weighted by Crippen LogP contribution is -2.17. The molecule has 0 spiro atoms. The largest absolute Gasteiger partial charge is 0.493 e. The number of aromatic nitrogens is 4. The summed E-state index contributed by atoms with van der Waals surface area (Å²) in [6.45, 7) is 1.70. The van der Waals surface area contributed by atoms with Gasteiger partial charge in [0.15, 0.2) is 11.5 Å². The van der Waals surface area contributed by atoms with Crippen LogP contribution in [-0.4, -0.2) is 43.9 Å². The Labute approximate surface area is 213 Å². The molecule has 0 aliphatic heterocycles. The fourth-order valence-electron chi connectivity index (χ4n) is 3.48. The Balaban J connectivity index is 1.81. The van der Waals surface area contributed by atoms with Crippen LogP contribution >= 0.6 is 0 Å². The predicted octanol–water partition coefficient (Wildman–Crippen LogP) is 4.20. The molecule has 4 aromatic rings. The van der Waals surface area contributed by atoms with Gasteiger partial charge < -0.3 is 14.8 Å². The van der Waals surface area contributed by atoms with Crippen molar-refractivity contribution in [2.24, 2.45) is 0 Å². The van der Waals surface area contributed by atoms with Crippen LogP contribution < -0.4 is 14.8 Å². The van der Waals surface area contributed by atoms with Crippen molar-refractivity contribution >= 4 is 21.3 Å². The standard InChI is InChI=1S/C25H21N7O4S/c1-15-22(24(33)30-18-5-4-6-19(12-18)37(3,27)34)25(32-31-23(15)17-9-10-28-29-14-17)36-20-8-7-16(13-26)11-21(20)35-2/h4-12,14,27H,1-3H3,(H,30,33). The van der Waals surface area contributed by atoms with Gasteiger partial charge in [-0.3, -0.25) is 4.79 Å².